The third-order valence-electron chi connectivity index (χ3n) is 3.44. The minimum absolute atomic E-state index is 0. The number of hydrogen-bond acceptors (Lipinski definition) is 3. The van der Waals surface area contributed by atoms with E-state index in [1.807, 2.05) is 12.1 Å². The molecular formula is C16H28IN3O2. The average Bonchev–Trinajstić information content (AvgIpc) is 3.14. The van der Waals surface area contributed by atoms with Crippen LogP contribution in [0.1, 0.15) is 26.0 Å². The quantitative estimate of drug-likeness (QED) is 0.404. The van der Waals surface area contributed by atoms with Gasteiger partial charge in [-0.25, -0.2) is 0 Å². The van der Waals surface area contributed by atoms with Crippen LogP contribution in [0.2, 0.25) is 0 Å². The molecule has 1 unspecified atom stereocenters. The second kappa shape index (κ2) is 10.9. The largest absolute Gasteiger partial charge is 0.469 e. The van der Waals surface area contributed by atoms with Gasteiger partial charge in [0.15, 0.2) is 5.96 Å². The maximum absolute atomic E-state index is 5.41. The van der Waals surface area contributed by atoms with Crippen LogP contribution in [0.5, 0.6) is 0 Å². The van der Waals surface area contributed by atoms with Crippen molar-refractivity contribution < 1.29 is 9.15 Å². The van der Waals surface area contributed by atoms with Crippen LogP contribution in [0.3, 0.4) is 0 Å². The summed E-state index contributed by atoms with van der Waals surface area (Å²) in [5.74, 6) is 3.04. The van der Waals surface area contributed by atoms with Gasteiger partial charge >= 0.3 is 0 Å². The number of ether oxygens (including phenoxy) is 1. The van der Waals surface area contributed by atoms with Crippen molar-refractivity contribution in [1.82, 2.24) is 10.6 Å². The molecule has 0 bridgehead atoms. The summed E-state index contributed by atoms with van der Waals surface area (Å²) in [5.41, 5.74) is 0. The predicted octanol–water partition coefficient (Wildman–Crippen LogP) is 2.67. The predicted molar refractivity (Wildman–Crippen MR) is 99.9 cm³/mol. The second-order valence-electron chi connectivity index (χ2n) is 5.95. The summed E-state index contributed by atoms with van der Waals surface area (Å²) in [7, 11) is 0. The van der Waals surface area contributed by atoms with Gasteiger partial charge in [-0.05, 0) is 24.5 Å². The van der Waals surface area contributed by atoms with Crippen molar-refractivity contribution in [2.45, 2.75) is 26.7 Å². The zero-order valence-electron chi connectivity index (χ0n) is 13.5. The molecule has 0 amide bonds. The molecule has 1 saturated heterocycles. The lowest BCUT2D eigenvalue weighted by Gasteiger charge is -2.15. The van der Waals surface area contributed by atoms with E-state index in [1.165, 1.54) is 0 Å². The van der Waals surface area contributed by atoms with E-state index in [2.05, 4.69) is 29.5 Å². The van der Waals surface area contributed by atoms with E-state index in [9.17, 15) is 0 Å². The molecule has 0 spiro atoms. The van der Waals surface area contributed by atoms with Crippen LogP contribution in [0.25, 0.3) is 0 Å². The van der Waals surface area contributed by atoms with Crippen LogP contribution in [-0.4, -0.2) is 38.8 Å². The molecule has 1 fully saturated rings. The van der Waals surface area contributed by atoms with Crippen LogP contribution < -0.4 is 10.6 Å². The van der Waals surface area contributed by atoms with Gasteiger partial charge in [-0.3, -0.25) is 4.99 Å². The molecule has 0 aliphatic carbocycles. The number of rotatable bonds is 7. The van der Waals surface area contributed by atoms with Gasteiger partial charge < -0.3 is 19.8 Å². The van der Waals surface area contributed by atoms with Crippen molar-refractivity contribution >= 4 is 29.9 Å². The van der Waals surface area contributed by atoms with E-state index in [-0.39, 0.29) is 24.0 Å². The fourth-order valence-corrected chi connectivity index (χ4v) is 2.19. The number of halogens is 1. The number of aliphatic imine (C=N–C) groups is 1. The molecule has 22 heavy (non-hydrogen) atoms. The summed E-state index contributed by atoms with van der Waals surface area (Å²) in [4.78, 5) is 4.63. The molecule has 1 aliphatic heterocycles. The summed E-state index contributed by atoms with van der Waals surface area (Å²) in [6.45, 7) is 8.66. The van der Waals surface area contributed by atoms with Gasteiger partial charge in [0.2, 0.25) is 0 Å². The van der Waals surface area contributed by atoms with Crippen LogP contribution in [0, 0.1) is 11.8 Å². The van der Waals surface area contributed by atoms with Crippen LogP contribution >= 0.6 is 24.0 Å². The molecule has 1 aliphatic rings. The maximum Gasteiger partial charge on any atom is 0.191 e. The molecule has 2 N–H and O–H groups in total. The molecule has 0 aromatic carbocycles. The van der Waals surface area contributed by atoms with Crippen molar-refractivity contribution in [2.24, 2.45) is 16.8 Å². The summed E-state index contributed by atoms with van der Waals surface area (Å²) in [5, 5.41) is 6.80. The van der Waals surface area contributed by atoms with Crippen molar-refractivity contribution in [3.63, 3.8) is 0 Å². The Morgan fingerprint density at radius 3 is 2.91 bits per heavy atom. The van der Waals surface area contributed by atoms with E-state index in [4.69, 9.17) is 9.15 Å². The SMILES string of the molecule is CC(C)CN=C(NCCc1ccco1)NCC1CCOC1.I. The highest BCUT2D eigenvalue weighted by Gasteiger charge is 2.15. The highest BCUT2D eigenvalue weighted by Crippen LogP contribution is 2.10. The van der Waals surface area contributed by atoms with Gasteiger partial charge in [0, 0.05) is 38.6 Å². The molecule has 6 heteroatoms. The molecule has 5 nitrogen and oxygen atoms in total. The summed E-state index contributed by atoms with van der Waals surface area (Å²) in [6, 6.07) is 3.91. The molecule has 2 rings (SSSR count). The Kier molecular flexibility index (Phi) is 9.54. The molecular weight excluding hydrogens is 393 g/mol. The Morgan fingerprint density at radius 1 is 1.41 bits per heavy atom. The summed E-state index contributed by atoms with van der Waals surface area (Å²) < 4.78 is 10.7. The van der Waals surface area contributed by atoms with Gasteiger partial charge in [-0.1, -0.05) is 13.8 Å². The Bertz CT molecular complexity index is 415. The number of hydrogen-bond donors (Lipinski definition) is 2. The third-order valence-corrected chi connectivity index (χ3v) is 3.44. The first-order valence-corrected chi connectivity index (χ1v) is 7.86. The standard InChI is InChI=1S/C16H27N3O2.HI/c1-13(2)10-18-16(19-11-14-6-9-20-12-14)17-7-5-15-4-3-8-21-15;/h3-4,8,13-14H,5-7,9-12H2,1-2H3,(H2,17,18,19);1H. The number of guanidine groups is 1. The normalized spacial score (nSPS) is 18.3. The molecule has 2 heterocycles. The molecule has 1 aromatic rings. The van der Waals surface area contributed by atoms with Crippen molar-refractivity contribution in [3.8, 4) is 0 Å². The lowest BCUT2D eigenvalue weighted by Crippen LogP contribution is -2.41. The lowest BCUT2D eigenvalue weighted by atomic mass is 10.1. The van der Waals surface area contributed by atoms with Crippen LogP contribution in [-0.2, 0) is 11.2 Å². The zero-order valence-corrected chi connectivity index (χ0v) is 15.8. The van der Waals surface area contributed by atoms with Crippen molar-refractivity contribution in [1.29, 1.82) is 0 Å². The maximum atomic E-state index is 5.41. The molecule has 1 atom stereocenters. The first kappa shape index (κ1) is 19.3. The van der Waals surface area contributed by atoms with Gasteiger partial charge in [0.25, 0.3) is 0 Å². The van der Waals surface area contributed by atoms with Crippen LogP contribution in [0.4, 0.5) is 0 Å². The number of nitrogens with one attached hydrogen (secondary N) is 2. The smallest absolute Gasteiger partial charge is 0.191 e. The van der Waals surface area contributed by atoms with E-state index in [1.54, 1.807) is 6.26 Å². The Balaban J connectivity index is 0.00000242. The average molecular weight is 421 g/mol. The number of furan rings is 1. The van der Waals surface area contributed by atoms with E-state index in [0.29, 0.717) is 11.8 Å². The number of nitrogens with zero attached hydrogens (tertiary/aromatic N) is 1. The molecule has 0 radical (unpaired) electrons. The minimum atomic E-state index is 0. The molecule has 0 saturated carbocycles. The van der Waals surface area contributed by atoms with Gasteiger partial charge in [-0.2, -0.15) is 0 Å². The molecule has 126 valence electrons. The van der Waals surface area contributed by atoms with Crippen molar-refractivity contribution in [3.05, 3.63) is 24.2 Å². The Hall–Kier alpha value is -0.760. The van der Waals surface area contributed by atoms with E-state index >= 15 is 0 Å². The lowest BCUT2D eigenvalue weighted by molar-refractivity contribution is 0.186. The summed E-state index contributed by atoms with van der Waals surface area (Å²) in [6.07, 6.45) is 3.71. The van der Waals surface area contributed by atoms with Gasteiger partial charge in [0.1, 0.15) is 5.76 Å². The molecule has 1 aromatic heterocycles. The fourth-order valence-electron chi connectivity index (χ4n) is 2.19. The van der Waals surface area contributed by atoms with E-state index in [0.717, 1.165) is 57.4 Å². The van der Waals surface area contributed by atoms with Gasteiger partial charge in [0.05, 0.1) is 12.9 Å². The first-order chi connectivity index (χ1) is 10.2. The van der Waals surface area contributed by atoms with E-state index < -0.39 is 0 Å². The topological polar surface area (TPSA) is 58.8 Å². The highest BCUT2D eigenvalue weighted by molar-refractivity contribution is 14.0. The zero-order chi connectivity index (χ0) is 14.9. The third kappa shape index (κ3) is 7.49. The monoisotopic (exact) mass is 421 g/mol. The Labute approximate surface area is 150 Å². The second-order valence-corrected chi connectivity index (χ2v) is 5.95. The van der Waals surface area contributed by atoms with Crippen LogP contribution in [0.15, 0.2) is 27.8 Å². The first-order valence-electron chi connectivity index (χ1n) is 7.86. The fraction of sp³-hybridized carbons (Fsp3) is 0.688. The highest BCUT2D eigenvalue weighted by atomic mass is 127. The Morgan fingerprint density at radius 2 is 2.27 bits per heavy atom. The van der Waals surface area contributed by atoms with Gasteiger partial charge in [-0.15, -0.1) is 24.0 Å². The van der Waals surface area contributed by atoms with Crippen molar-refractivity contribution in [2.75, 3.05) is 32.8 Å². The minimum Gasteiger partial charge on any atom is -0.469 e. The summed E-state index contributed by atoms with van der Waals surface area (Å²) >= 11 is 0.